The van der Waals surface area contributed by atoms with E-state index >= 15 is 0 Å². The molecular weight excluding hydrogens is 178 g/mol. The van der Waals surface area contributed by atoms with Gasteiger partial charge in [0.05, 0.1) is 18.3 Å². The third kappa shape index (κ3) is 1.71. The molecule has 0 saturated heterocycles. The van der Waals surface area contributed by atoms with Crippen LogP contribution < -0.4 is 0 Å². The Hall–Kier alpha value is -2.32. The Morgan fingerprint density at radius 1 is 1.43 bits per heavy atom. The molecule has 0 aliphatic rings. The molecule has 0 N–H and O–H groups in total. The number of aromatic nitrogens is 2. The van der Waals surface area contributed by atoms with Gasteiger partial charge in [0.15, 0.2) is 11.4 Å². The standard InChI is InChI=1S/C9H7N5/c1-7(2-10)5-14-6-13-8(3-11)9(14)4-12/h6-7H,5H2,1H3. The van der Waals surface area contributed by atoms with Gasteiger partial charge in [-0.15, -0.1) is 0 Å². The molecule has 0 aliphatic carbocycles. The molecular formula is C9H7N5. The number of hydrogen-bond acceptors (Lipinski definition) is 4. The number of rotatable bonds is 2. The first-order valence-corrected chi connectivity index (χ1v) is 3.97. The quantitative estimate of drug-likeness (QED) is 0.681. The molecule has 0 bridgehead atoms. The molecule has 0 radical (unpaired) electrons. The zero-order chi connectivity index (χ0) is 10.6. The molecule has 1 aromatic rings. The lowest BCUT2D eigenvalue weighted by Gasteiger charge is -2.03. The normalized spacial score (nSPS) is 11.0. The summed E-state index contributed by atoms with van der Waals surface area (Å²) in [5.41, 5.74) is 0.326. The van der Waals surface area contributed by atoms with Gasteiger partial charge in [0, 0.05) is 6.54 Å². The minimum Gasteiger partial charge on any atom is -0.320 e. The van der Waals surface area contributed by atoms with Crippen LogP contribution in [0, 0.1) is 39.9 Å². The third-order valence-corrected chi connectivity index (χ3v) is 1.74. The van der Waals surface area contributed by atoms with E-state index in [1.165, 1.54) is 10.9 Å². The summed E-state index contributed by atoms with van der Waals surface area (Å²) < 4.78 is 1.52. The van der Waals surface area contributed by atoms with Crippen molar-refractivity contribution in [2.75, 3.05) is 0 Å². The second-order valence-electron chi connectivity index (χ2n) is 2.85. The minimum atomic E-state index is -0.206. The van der Waals surface area contributed by atoms with Gasteiger partial charge in [0.25, 0.3) is 0 Å². The lowest BCUT2D eigenvalue weighted by molar-refractivity contribution is 0.575. The summed E-state index contributed by atoms with van der Waals surface area (Å²) in [6, 6.07) is 5.76. The van der Waals surface area contributed by atoms with Gasteiger partial charge in [0.1, 0.15) is 12.1 Å². The largest absolute Gasteiger partial charge is 0.320 e. The van der Waals surface area contributed by atoms with Crippen LogP contribution in [0.25, 0.3) is 0 Å². The first kappa shape index (κ1) is 9.77. The predicted molar refractivity (Wildman–Crippen MR) is 46.4 cm³/mol. The van der Waals surface area contributed by atoms with Gasteiger partial charge in [-0.25, -0.2) is 4.98 Å². The average molecular weight is 185 g/mol. The highest BCUT2D eigenvalue weighted by molar-refractivity contribution is 5.36. The molecule has 0 fully saturated rings. The Morgan fingerprint density at radius 2 is 2.14 bits per heavy atom. The highest BCUT2D eigenvalue weighted by Gasteiger charge is 2.11. The first-order valence-electron chi connectivity index (χ1n) is 3.97. The lowest BCUT2D eigenvalue weighted by Crippen LogP contribution is -2.06. The number of hydrogen-bond donors (Lipinski definition) is 0. The van der Waals surface area contributed by atoms with E-state index in [4.69, 9.17) is 15.8 Å². The van der Waals surface area contributed by atoms with Crippen LogP contribution in [0.3, 0.4) is 0 Å². The molecule has 0 aromatic carbocycles. The fourth-order valence-corrected chi connectivity index (χ4v) is 1.06. The van der Waals surface area contributed by atoms with Crippen LogP contribution >= 0.6 is 0 Å². The first-order chi connectivity index (χ1) is 6.72. The zero-order valence-corrected chi connectivity index (χ0v) is 7.60. The van der Waals surface area contributed by atoms with Crippen molar-refractivity contribution in [1.82, 2.24) is 9.55 Å². The second-order valence-corrected chi connectivity index (χ2v) is 2.85. The Kier molecular flexibility index (Phi) is 2.84. The lowest BCUT2D eigenvalue weighted by atomic mass is 10.2. The van der Waals surface area contributed by atoms with E-state index in [1.54, 1.807) is 6.92 Å². The molecule has 1 atom stereocenters. The number of imidazole rings is 1. The van der Waals surface area contributed by atoms with Gasteiger partial charge in [-0.2, -0.15) is 15.8 Å². The van der Waals surface area contributed by atoms with Gasteiger partial charge in [0.2, 0.25) is 0 Å². The SMILES string of the molecule is CC(C#N)Cn1cnc(C#N)c1C#N. The van der Waals surface area contributed by atoms with Crippen molar-refractivity contribution < 1.29 is 0 Å². The van der Waals surface area contributed by atoms with E-state index in [9.17, 15) is 0 Å². The summed E-state index contributed by atoms with van der Waals surface area (Å²) in [6.45, 7) is 2.13. The van der Waals surface area contributed by atoms with Gasteiger partial charge in [-0.3, -0.25) is 0 Å². The van der Waals surface area contributed by atoms with Crippen molar-refractivity contribution in [1.29, 1.82) is 15.8 Å². The Labute approximate surface area is 81.4 Å². The van der Waals surface area contributed by atoms with E-state index < -0.39 is 0 Å². The molecule has 0 aliphatic heterocycles. The molecule has 14 heavy (non-hydrogen) atoms. The van der Waals surface area contributed by atoms with Crippen molar-refractivity contribution in [2.24, 2.45) is 5.92 Å². The van der Waals surface area contributed by atoms with E-state index in [-0.39, 0.29) is 17.3 Å². The predicted octanol–water partition coefficient (Wildman–Crippen LogP) is 0.786. The van der Waals surface area contributed by atoms with Crippen molar-refractivity contribution in [3.8, 4) is 18.2 Å². The number of nitrogens with zero attached hydrogens (tertiary/aromatic N) is 5. The zero-order valence-electron chi connectivity index (χ0n) is 7.60. The highest BCUT2D eigenvalue weighted by Crippen LogP contribution is 2.07. The summed E-state index contributed by atoms with van der Waals surface area (Å²) in [4.78, 5) is 3.76. The molecule has 1 heterocycles. The van der Waals surface area contributed by atoms with Gasteiger partial charge < -0.3 is 4.57 Å². The summed E-state index contributed by atoms with van der Waals surface area (Å²) in [7, 11) is 0. The summed E-state index contributed by atoms with van der Waals surface area (Å²) in [5, 5.41) is 26.0. The monoisotopic (exact) mass is 185 g/mol. The maximum Gasteiger partial charge on any atom is 0.176 e. The summed E-state index contributed by atoms with van der Waals surface area (Å²) in [6.07, 6.45) is 1.41. The van der Waals surface area contributed by atoms with Crippen LogP contribution in [0.2, 0.25) is 0 Å². The van der Waals surface area contributed by atoms with E-state index in [0.717, 1.165) is 0 Å². The van der Waals surface area contributed by atoms with Crippen molar-refractivity contribution in [3.63, 3.8) is 0 Å². The fourth-order valence-electron chi connectivity index (χ4n) is 1.06. The molecule has 1 unspecified atom stereocenters. The van der Waals surface area contributed by atoms with Crippen molar-refractivity contribution in [3.05, 3.63) is 17.7 Å². The fraction of sp³-hybridized carbons (Fsp3) is 0.333. The van der Waals surface area contributed by atoms with Crippen LogP contribution in [-0.2, 0) is 6.54 Å². The highest BCUT2D eigenvalue weighted by atomic mass is 15.1. The molecule has 5 heteroatoms. The molecule has 0 amide bonds. The molecule has 1 rings (SSSR count). The Morgan fingerprint density at radius 3 is 2.64 bits per heavy atom. The van der Waals surface area contributed by atoms with Gasteiger partial charge in [-0.05, 0) is 6.92 Å². The van der Waals surface area contributed by atoms with Crippen molar-refractivity contribution in [2.45, 2.75) is 13.5 Å². The summed E-state index contributed by atoms with van der Waals surface area (Å²) in [5.74, 6) is -0.206. The molecule has 0 spiro atoms. The Balaban J connectivity index is 3.02. The summed E-state index contributed by atoms with van der Waals surface area (Å²) >= 11 is 0. The minimum absolute atomic E-state index is 0.109. The van der Waals surface area contributed by atoms with Crippen LogP contribution in [0.5, 0.6) is 0 Å². The van der Waals surface area contributed by atoms with E-state index in [2.05, 4.69) is 11.1 Å². The van der Waals surface area contributed by atoms with Gasteiger partial charge in [-0.1, -0.05) is 0 Å². The molecule has 68 valence electrons. The number of nitriles is 3. The van der Waals surface area contributed by atoms with Gasteiger partial charge >= 0.3 is 0 Å². The van der Waals surface area contributed by atoms with Crippen LogP contribution in [0.15, 0.2) is 6.33 Å². The smallest absolute Gasteiger partial charge is 0.176 e. The topological polar surface area (TPSA) is 89.2 Å². The van der Waals surface area contributed by atoms with Crippen LogP contribution in [0.4, 0.5) is 0 Å². The Bertz CT molecular complexity index is 451. The van der Waals surface area contributed by atoms with E-state index in [1.807, 2.05) is 12.1 Å². The maximum absolute atomic E-state index is 8.76. The van der Waals surface area contributed by atoms with Crippen LogP contribution in [-0.4, -0.2) is 9.55 Å². The molecule has 1 aromatic heterocycles. The second kappa shape index (κ2) is 4.07. The van der Waals surface area contributed by atoms with Crippen LogP contribution in [0.1, 0.15) is 18.3 Å². The maximum atomic E-state index is 8.76. The van der Waals surface area contributed by atoms with Crippen molar-refractivity contribution >= 4 is 0 Å². The average Bonchev–Trinajstić information content (AvgIpc) is 2.59. The third-order valence-electron chi connectivity index (χ3n) is 1.74. The molecule has 0 saturated carbocycles. The molecule has 5 nitrogen and oxygen atoms in total. The van der Waals surface area contributed by atoms with E-state index in [0.29, 0.717) is 6.54 Å².